The number of nitrogens with zero attached hydrogens (tertiary/aromatic N) is 1. The van der Waals surface area contributed by atoms with Crippen molar-refractivity contribution in [1.29, 1.82) is 0 Å². The molecule has 1 aliphatic rings. The van der Waals surface area contributed by atoms with Gasteiger partial charge in [0.1, 0.15) is 0 Å². The lowest BCUT2D eigenvalue weighted by Crippen LogP contribution is -2.46. The number of aliphatic hydroxyl groups excluding tert-OH is 1. The zero-order valence-corrected chi connectivity index (χ0v) is 13.9. The number of alkyl halides is 3. The molecular formula is C17H23F3N2O2. The molecule has 0 atom stereocenters. The number of hydrogen-bond acceptors (Lipinski definition) is 2. The first-order valence-electron chi connectivity index (χ1n) is 7.98. The van der Waals surface area contributed by atoms with Gasteiger partial charge in [-0.2, -0.15) is 13.2 Å². The topological polar surface area (TPSA) is 52.6 Å². The molecule has 0 heterocycles. The van der Waals surface area contributed by atoms with Crippen molar-refractivity contribution >= 4 is 6.03 Å². The molecule has 1 fully saturated rings. The number of hydrogen-bond donors (Lipinski definition) is 2. The van der Waals surface area contributed by atoms with E-state index in [1.54, 1.807) is 24.8 Å². The van der Waals surface area contributed by atoms with Gasteiger partial charge in [-0.25, -0.2) is 4.79 Å². The van der Waals surface area contributed by atoms with Gasteiger partial charge in [-0.05, 0) is 24.5 Å². The molecule has 0 unspecified atom stereocenters. The molecule has 0 aromatic heterocycles. The molecule has 1 aromatic carbocycles. The lowest BCUT2D eigenvalue weighted by atomic mass is 9.84. The van der Waals surface area contributed by atoms with Crippen molar-refractivity contribution in [2.45, 2.75) is 44.3 Å². The number of carbonyl (C=O) groups excluding carboxylic acids is 1. The van der Waals surface area contributed by atoms with Crippen molar-refractivity contribution in [2.75, 3.05) is 19.7 Å². The summed E-state index contributed by atoms with van der Waals surface area (Å²) in [6, 6.07) is 5.05. The van der Waals surface area contributed by atoms with Gasteiger partial charge in [0.25, 0.3) is 0 Å². The van der Waals surface area contributed by atoms with E-state index in [1.165, 1.54) is 6.07 Å². The summed E-state index contributed by atoms with van der Waals surface area (Å²) in [5.41, 5.74) is -0.831. The zero-order valence-electron chi connectivity index (χ0n) is 13.9. The summed E-state index contributed by atoms with van der Waals surface area (Å²) in [6.45, 7) is 3.94. The Kier molecular flexibility index (Phi) is 5.42. The molecule has 0 radical (unpaired) electrons. The monoisotopic (exact) mass is 344 g/mol. The van der Waals surface area contributed by atoms with Crippen LogP contribution in [0.25, 0.3) is 0 Å². The summed E-state index contributed by atoms with van der Waals surface area (Å²) in [7, 11) is 0. The molecule has 2 N–H and O–H groups in total. The van der Waals surface area contributed by atoms with Gasteiger partial charge in [0.2, 0.25) is 0 Å². The second-order valence-electron chi connectivity index (χ2n) is 6.77. The molecule has 0 spiro atoms. The van der Waals surface area contributed by atoms with Crippen molar-refractivity contribution in [3.63, 3.8) is 0 Å². The summed E-state index contributed by atoms with van der Waals surface area (Å²) in [4.78, 5) is 13.8. The van der Waals surface area contributed by atoms with E-state index < -0.39 is 17.2 Å². The lowest BCUT2D eigenvalue weighted by molar-refractivity contribution is -0.137. The highest BCUT2D eigenvalue weighted by Crippen LogP contribution is 2.32. The lowest BCUT2D eigenvalue weighted by Gasteiger charge is -2.29. The van der Waals surface area contributed by atoms with E-state index in [2.05, 4.69) is 5.32 Å². The fourth-order valence-corrected chi connectivity index (χ4v) is 2.56. The van der Waals surface area contributed by atoms with E-state index in [4.69, 9.17) is 5.11 Å². The maximum absolute atomic E-state index is 12.9. The third-order valence-electron chi connectivity index (χ3n) is 4.24. The summed E-state index contributed by atoms with van der Waals surface area (Å²) >= 11 is 0. The molecule has 2 amide bonds. The largest absolute Gasteiger partial charge is 0.416 e. The minimum absolute atomic E-state index is 0.110. The van der Waals surface area contributed by atoms with Gasteiger partial charge >= 0.3 is 12.2 Å². The van der Waals surface area contributed by atoms with Crippen LogP contribution in [0, 0.1) is 0 Å². The number of nitrogens with one attached hydrogen (secondary N) is 1. The Balaban J connectivity index is 2.04. The van der Waals surface area contributed by atoms with Crippen LogP contribution in [0.1, 0.15) is 37.8 Å². The number of rotatable bonds is 6. The summed E-state index contributed by atoms with van der Waals surface area (Å²) < 4.78 is 38.6. The van der Waals surface area contributed by atoms with Crippen LogP contribution in [0.3, 0.4) is 0 Å². The van der Waals surface area contributed by atoms with Gasteiger partial charge < -0.3 is 15.3 Å². The van der Waals surface area contributed by atoms with Crippen LogP contribution >= 0.6 is 0 Å². The molecule has 24 heavy (non-hydrogen) atoms. The summed E-state index contributed by atoms with van der Waals surface area (Å²) in [5, 5.41) is 11.8. The van der Waals surface area contributed by atoms with Gasteiger partial charge in [-0.15, -0.1) is 0 Å². The van der Waals surface area contributed by atoms with Crippen molar-refractivity contribution < 1.29 is 23.1 Å². The highest BCUT2D eigenvalue weighted by Gasteiger charge is 2.34. The van der Waals surface area contributed by atoms with Crippen LogP contribution in [-0.4, -0.2) is 41.8 Å². The molecular weight excluding hydrogens is 321 g/mol. The van der Waals surface area contributed by atoms with Crippen LogP contribution < -0.4 is 5.32 Å². The summed E-state index contributed by atoms with van der Waals surface area (Å²) in [5.74, 6) is 0. The van der Waals surface area contributed by atoms with Crippen molar-refractivity contribution in [1.82, 2.24) is 10.2 Å². The first-order valence-corrected chi connectivity index (χ1v) is 7.98. The van der Waals surface area contributed by atoms with E-state index in [1.807, 2.05) is 0 Å². The van der Waals surface area contributed by atoms with Gasteiger partial charge in [0.15, 0.2) is 0 Å². The summed E-state index contributed by atoms with van der Waals surface area (Å²) in [6.07, 6.45) is -2.55. The normalized spacial score (nSPS) is 15.2. The van der Waals surface area contributed by atoms with E-state index in [0.717, 1.165) is 25.0 Å². The Morgan fingerprint density at radius 1 is 1.29 bits per heavy atom. The average molecular weight is 344 g/mol. The predicted octanol–water partition coefficient (Wildman–Crippen LogP) is 3.15. The Morgan fingerprint density at radius 3 is 2.46 bits per heavy atom. The SMILES string of the molecule is CC(C)(CNC(=O)N(CCO)C1CC1)c1cccc(C(F)(F)F)c1. The molecule has 1 aliphatic carbocycles. The van der Waals surface area contributed by atoms with Crippen molar-refractivity contribution in [3.05, 3.63) is 35.4 Å². The molecule has 1 saturated carbocycles. The Labute approximate surface area is 139 Å². The second kappa shape index (κ2) is 7.01. The van der Waals surface area contributed by atoms with Crippen LogP contribution in [0.4, 0.5) is 18.0 Å². The van der Waals surface area contributed by atoms with Crippen LogP contribution in [0.5, 0.6) is 0 Å². The predicted molar refractivity (Wildman–Crippen MR) is 84.7 cm³/mol. The maximum atomic E-state index is 12.9. The van der Waals surface area contributed by atoms with E-state index in [0.29, 0.717) is 5.56 Å². The first-order chi connectivity index (χ1) is 11.1. The molecule has 134 valence electrons. The Hall–Kier alpha value is -1.76. The van der Waals surface area contributed by atoms with Gasteiger partial charge in [-0.3, -0.25) is 0 Å². The highest BCUT2D eigenvalue weighted by molar-refractivity contribution is 5.75. The minimum atomic E-state index is -4.39. The third-order valence-corrected chi connectivity index (χ3v) is 4.24. The van der Waals surface area contributed by atoms with Crippen molar-refractivity contribution in [2.24, 2.45) is 0 Å². The third kappa shape index (κ3) is 4.63. The Morgan fingerprint density at radius 2 is 1.92 bits per heavy atom. The number of aliphatic hydroxyl groups is 1. The molecule has 7 heteroatoms. The Bertz CT molecular complexity index is 583. The number of benzene rings is 1. The number of carbonyl (C=O) groups is 1. The fraction of sp³-hybridized carbons (Fsp3) is 0.588. The van der Waals surface area contributed by atoms with E-state index in [9.17, 15) is 18.0 Å². The molecule has 2 rings (SSSR count). The molecule has 1 aromatic rings. The van der Waals surface area contributed by atoms with E-state index >= 15 is 0 Å². The number of amides is 2. The van der Waals surface area contributed by atoms with Crippen LogP contribution in [0.2, 0.25) is 0 Å². The van der Waals surface area contributed by atoms with Crippen molar-refractivity contribution in [3.8, 4) is 0 Å². The maximum Gasteiger partial charge on any atom is 0.416 e. The van der Waals surface area contributed by atoms with Crippen LogP contribution in [-0.2, 0) is 11.6 Å². The molecule has 0 bridgehead atoms. The first kappa shape index (κ1) is 18.6. The quantitative estimate of drug-likeness (QED) is 0.833. The van der Waals surface area contributed by atoms with Crippen LogP contribution in [0.15, 0.2) is 24.3 Å². The van der Waals surface area contributed by atoms with Gasteiger partial charge in [0.05, 0.1) is 12.2 Å². The standard InChI is InChI=1S/C17H23F3N2O2/c1-16(2,12-4-3-5-13(10-12)17(18,19)20)11-21-15(24)22(8-9-23)14-6-7-14/h3-5,10,14,23H,6-9,11H2,1-2H3,(H,21,24). The van der Waals surface area contributed by atoms with Gasteiger partial charge in [-0.1, -0.05) is 32.0 Å². The highest BCUT2D eigenvalue weighted by atomic mass is 19.4. The minimum Gasteiger partial charge on any atom is -0.395 e. The van der Waals surface area contributed by atoms with Gasteiger partial charge in [0, 0.05) is 24.5 Å². The molecule has 0 aliphatic heterocycles. The zero-order chi connectivity index (χ0) is 18.0. The molecule has 4 nitrogen and oxygen atoms in total. The number of halogens is 3. The molecule has 0 saturated heterocycles. The average Bonchev–Trinajstić information content (AvgIpc) is 3.34. The second-order valence-corrected chi connectivity index (χ2v) is 6.77. The van der Waals surface area contributed by atoms with E-state index in [-0.39, 0.29) is 31.8 Å². The fourth-order valence-electron chi connectivity index (χ4n) is 2.56. The smallest absolute Gasteiger partial charge is 0.395 e. The number of urea groups is 1.